The van der Waals surface area contributed by atoms with Crippen molar-refractivity contribution >= 4 is 11.8 Å². The van der Waals surface area contributed by atoms with Crippen LogP contribution in [0, 0.1) is 12.8 Å². The summed E-state index contributed by atoms with van der Waals surface area (Å²) in [5.41, 5.74) is 2.64. The van der Waals surface area contributed by atoms with Gasteiger partial charge in [0.15, 0.2) is 0 Å². The fraction of sp³-hybridized carbons (Fsp3) is 0.474. The average Bonchev–Trinajstić information content (AvgIpc) is 3.06. The second-order valence-corrected chi connectivity index (χ2v) is 6.62. The van der Waals surface area contributed by atoms with Crippen molar-refractivity contribution in [2.24, 2.45) is 5.92 Å². The van der Waals surface area contributed by atoms with Gasteiger partial charge in [-0.3, -0.25) is 19.3 Å². The van der Waals surface area contributed by atoms with Gasteiger partial charge in [0.05, 0.1) is 5.69 Å². The van der Waals surface area contributed by atoms with Crippen molar-refractivity contribution in [1.82, 2.24) is 25.0 Å². The molecule has 3 heterocycles. The molecule has 0 radical (unpaired) electrons. The van der Waals surface area contributed by atoms with Crippen LogP contribution in [-0.4, -0.2) is 44.6 Å². The zero-order chi connectivity index (χ0) is 18.5. The third-order valence-electron chi connectivity index (χ3n) is 4.91. The van der Waals surface area contributed by atoms with Gasteiger partial charge in [0.25, 0.3) is 5.91 Å². The molecule has 1 aliphatic rings. The summed E-state index contributed by atoms with van der Waals surface area (Å²) in [6.45, 7) is 6.52. The number of carbonyl (C=O) groups is 2. The van der Waals surface area contributed by atoms with E-state index < -0.39 is 0 Å². The first-order valence-electron chi connectivity index (χ1n) is 9.08. The maximum absolute atomic E-state index is 12.5. The van der Waals surface area contributed by atoms with E-state index in [-0.39, 0.29) is 17.7 Å². The van der Waals surface area contributed by atoms with E-state index >= 15 is 0 Å². The van der Waals surface area contributed by atoms with Crippen LogP contribution in [0.4, 0.5) is 0 Å². The molecule has 0 aliphatic carbocycles. The number of nitrogens with zero attached hydrogens (tertiary/aromatic N) is 4. The van der Waals surface area contributed by atoms with E-state index in [1.165, 1.54) is 0 Å². The van der Waals surface area contributed by atoms with Crippen molar-refractivity contribution in [2.45, 2.75) is 39.8 Å². The highest BCUT2D eigenvalue weighted by atomic mass is 16.2. The van der Waals surface area contributed by atoms with Crippen LogP contribution in [0.1, 0.15) is 41.4 Å². The van der Waals surface area contributed by atoms with E-state index in [9.17, 15) is 9.59 Å². The summed E-state index contributed by atoms with van der Waals surface area (Å²) >= 11 is 0. The minimum Gasteiger partial charge on any atom is -0.352 e. The maximum atomic E-state index is 12.5. The number of piperidine rings is 1. The molecule has 1 aliphatic heterocycles. The standard InChI is InChI=1S/C19H25N5O2/c1-3-24-13-17(14(2)22-24)12-21-18(25)15-6-10-23(11-7-15)19(26)16-4-8-20-9-5-16/h4-5,8-9,13,15H,3,6-7,10-12H2,1-2H3,(H,21,25). The molecule has 1 saturated heterocycles. The predicted octanol–water partition coefficient (Wildman–Crippen LogP) is 1.78. The lowest BCUT2D eigenvalue weighted by Crippen LogP contribution is -2.42. The molecule has 0 unspecified atom stereocenters. The molecule has 2 aromatic heterocycles. The number of amides is 2. The molecule has 138 valence electrons. The summed E-state index contributed by atoms with van der Waals surface area (Å²) in [6.07, 6.45) is 6.60. The van der Waals surface area contributed by atoms with Crippen molar-refractivity contribution in [3.05, 3.63) is 47.5 Å². The fourth-order valence-electron chi connectivity index (χ4n) is 3.24. The largest absolute Gasteiger partial charge is 0.352 e. The first-order valence-corrected chi connectivity index (χ1v) is 9.08. The van der Waals surface area contributed by atoms with Crippen LogP contribution in [0.3, 0.4) is 0 Å². The monoisotopic (exact) mass is 355 g/mol. The first kappa shape index (κ1) is 18.1. The fourth-order valence-corrected chi connectivity index (χ4v) is 3.24. The lowest BCUT2D eigenvalue weighted by Gasteiger charge is -2.31. The zero-order valence-corrected chi connectivity index (χ0v) is 15.3. The number of pyridine rings is 1. The molecule has 26 heavy (non-hydrogen) atoms. The molecule has 2 aromatic rings. The van der Waals surface area contributed by atoms with Gasteiger partial charge in [0.1, 0.15) is 0 Å². The second kappa shape index (κ2) is 8.12. The molecule has 0 atom stereocenters. The molecule has 0 bridgehead atoms. The van der Waals surface area contributed by atoms with E-state index in [1.54, 1.807) is 24.5 Å². The van der Waals surface area contributed by atoms with E-state index in [4.69, 9.17) is 0 Å². The summed E-state index contributed by atoms with van der Waals surface area (Å²) in [7, 11) is 0. The normalized spacial score (nSPS) is 15.1. The number of nitrogens with one attached hydrogen (secondary N) is 1. The highest BCUT2D eigenvalue weighted by molar-refractivity contribution is 5.94. The van der Waals surface area contributed by atoms with Crippen molar-refractivity contribution < 1.29 is 9.59 Å². The van der Waals surface area contributed by atoms with Crippen molar-refractivity contribution in [2.75, 3.05) is 13.1 Å². The summed E-state index contributed by atoms with van der Waals surface area (Å²) in [5.74, 6) is 0.0246. The van der Waals surface area contributed by atoms with Gasteiger partial charge in [-0.1, -0.05) is 0 Å². The summed E-state index contributed by atoms with van der Waals surface area (Å²) in [6, 6.07) is 3.44. The van der Waals surface area contributed by atoms with E-state index in [0.29, 0.717) is 38.0 Å². The van der Waals surface area contributed by atoms with Gasteiger partial charge >= 0.3 is 0 Å². The quantitative estimate of drug-likeness (QED) is 0.886. The Morgan fingerprint density at radius 2 is 1.92 bits per heavy atom. The Labute approximate surface area is 153 Å². The smallest absolute Gasteiger partial charge is 0.253 e. The third kappa shape index (κ3) is 4.09. The van der Waals surface area contributed by atoms with Gasteiger partial charge in [0, 0.05) is 61.8 Å². The number of hydrogen-bond donors (Lipinski definition) is 1. The Hall–Kier alpha value is -2.70. The molecular weight excluding hydrogens is 330 g/mol. The molecule has 3 rings (SSSR count). The van der Waals surface area contributed by atoms with E-state index in [0.717, 1.165) is 17.8 Å². The third-order valence-corrected chi connectivity index (χ3v) is 4.91. The van der Waals surface area contributed by atoms with Crippen LogP contribution in [0.2, 0.25) is 0 Å². The Kier molecular flexibility index (Phi) is 5.65. The lowest BCUT2D eigenvalue weighted by molar-refractivity contribution is -0.126. The topological polar surface area (TPSA) is 80.1 Å². The maximum Gasteiger partial charge on any atom is 0.253 e. The Bertz CT molecular complexity index is 763. The highest BCUT2D eigenvalue weighted by Gasteiger charge is 2.27. The molecule has 7 heteroatoms. The Morgan fingerprint density at radius 3 is 2.54 bits per heavy atom. The number of rotatable bonds is 5. The number of aryl methyl sites for hydroxylation is 2. The van der Waals surface area contributed by atoms with Crippen LogP contribution < -0.4 is 5.32 Å². The first-order chi connectivity index (χ1) is 12.6. The molecule has 0 saturated carbocycles. The van der Waals surface area contributed by atoms with Crippen molar-refractivity contribution in [3.63, 3.8) is 0 Å². The van der Waals surface area contributed by atoms with Gasteiger partial charge in [-0.2, -0.15) is 5.10 Å². The highest BCUT2D eigenvalue weighted by Crippen LogP contribution is 2.19. The van der Waals surface area contributed by atoms with Crippen LogP contribution in [0.25, 0.3) is 0 Å². The van der Waals surface area contributed by atoms with E-state index in [1.807, 2.05) is 29.6 Å². The van der Waals surface area contributed by atoms with Crippen LogP contribution in [0.5, 0.6) is 0 Å². The molecule has 1 fully saturated rings. The Morgan fingerprint density at radius 1 is 1.23 bits per heavy atom. The second-order valence-electron chi connectivity index (χ2n) is 6.62. The number of carbonyl (C=O) groups excluding carboxylic acids is 2. The van der Waals surface area contributed by atoms with Gasteiger partial charge in [-0.05, 0) is 38.8 Å². The SMILES string of the molecule is CCn1cc(CNC(=O)C2CCN(C(=O)c3ccncc3)CC2)c(C)n1. The molecular formula is C19H25N5O2. The van der Waals surface area contributed by atoms with Gasteiger partial charge < -0.3 is 10.2 Å². The van der Waals surface area contributed by atoms with Crippen LogP contribution >= 0.6 is 0 Å². The van der Waals surface area contributed by atoms with E-state index in [2.05, 4.69) is 15.4 Å². The average molecular weight is 355 g/mol. The van der Waals surface area contributed by atoms with Crippen LogP contribution in [0.15, 0.2) is 30.7 Å². The lowest BCUT2D eigenvalue weighted by atomic mass is 9.95. The summed E-state index contributed by atoms with van der Waals surface area (Å²) in [5, 5.41) is 7.41. The molecule has 0 aromatic carbocycles. The summed E-state index contributed by atoms with van der Waals surface area (Å²) < 4.78 is 1.88. The van der Waals surface area contributed by atoms with Gasteiger partial charge in [-0.25, -0.2) is 0 Å². The number of hydrogen-bond acceptors (Lipinski definition) is 4. The molecule has 0 spiro atoms. The van der Waals surface area contributed by atoms with Crippen molar-refractivity contribution in [1.29, 1.82) is 0 Å². The minimum atomic E-state index is -0.0435. The van der Waals surface area contributed by atoms with Gasteiger partial charge in [0.2, 0.25) is 5.91 Å². The molecule has 2 amide bonds. The summed E-state index contributed by atoms with van der Waals surface area (Å²) in [4.78, 5) is 30.7. The number of aromatic nitrogens is 3. The molecule has 1 N–H and O–H groups in total. The predicted molar refractivity (Wildman–Crippen MR) is 97.3 cm³/mol. The van der Waals surface area contributed by atoms with Crippen LogP contribution in [-0.2, 0) is 17.9 Å². The number of likely N-dealkylation sites (tertiary alicyclic amines) is 1. The van der Waals surface area contributed by atoms with Crippen molar-refractivity contribution in [3.8, 4) is 0 Å². The molecule has 7 nitrogen and oxygen atoms in total. The van der Waals surface area contributed by atoms with Gasteiger partial charge in [-0.15, -0.1) is 0 Å². The minimum absolute atomic E-state index is 0.00821. The Balaban J connectivity index is 1.49. The zero-order valence-electron chi connectivity index (χ0n) is 15.3.